The van der Waals surface area contributed by atoms with Crippen molar-refractivity contribution in [1.82, 2.24) is 0 Å². The summed E-state index contributed by atoms with van der Waals surface area (Å²) < 4.78 is 0. The van der Waals surface area contributed by atoms with Gasteiger partial charge in [-0.25, -0.2) is 0 Å². The van der Waals surface area contributed by atoms with Crippen LogP contribution in [0.1, 0.15) is 87.4 Å². The van der Waals surface area contributed by atoms with E-state index in [1.807, 2.05) is 0 Å². The Balaban J connectivity index is 2.25. The van der Waals surface area contributed by atoms with Crippen molar-refractivity contribution in [3.05, 3.63) is 104 Å². The molecule has 0 radical (unpaired) electrons. The van der Waals surface area contributed by atoms with Crippen molar-refractivity contribution in [3.8, 4) is 0 Å². The molecule has 32 heavy (non-hydrogen) atoms. The average Bonchev–Trinajstić information content (AvgIpc) is 2.75. The highest BCUT2D eigenvalue weighted by Gasteiger charge is 2.24. The minimum atomic E-state index is -0.228. The van der Waals surface area contributed by atoms with E-state index in [0.717, 1.165) is 5.56 Å². The maximum absolute atomic E-state index is 6.68. The molecule has 3 rings (SSSR count). The molecule has 3 atom stereocenters. The van der Waals surface area contributed by atoms with Gasteiger partial charge in [0.1, 0.15) is 0 Å². The van der Waals surface area contributed by atoms with E-state index in [9.17, 15) is 0 Å². The third-order valence-electron chi connectivity index (χ3n) is 6.59. The first-order valence-electron chi connectivity index (χ1n) is 11.6. The Morgan fingerprint density at radius 3 is 1.31 bits per heavy atom. The van der Waals surface area contributed by atoms with Gasteiger partial charge in [-0.15, -0.1) is 0 Å². The summed E-state index contributed by atoms with van der Waals surface area (Å²) in [5.74, 6) is 0.385. The van der Waals surface area contributed by atoms with Gasteiger partial charge in [-0.05, 0) is 61.1 Å². The van der Waals surface area contributed by atoms with E-state index in [1.165, 1.54) is 50.1 Å². The summed E-state index contributed by atoms with van der Waals surface area (Å²) in [4.78, 5) is 0. The lowest BCUT2D eigenvalue weighted by Crippen LogP contribution is -2.25. The molecule has 0 saturated heterocycles. The highest BCUT2D eigenvalue weighted by Crippen LogP contribution is 2.38. The Labute approximate surface area is 194 Å². The van der Waals surface area contributed by atoms with Crippen LogP contribution in [0.15, 0.2) is 48.5 Å². The number of hydrogen-bond acceptors (Lipinski definition) is 3. The van der Waals surface area contributed by atoms with Gasteiger partial charge in [-0.3, -0.25) is 0 Å². The van der Waals surface area contributed by atoms with Crippen molar-refractivity contribution in [3.63, 3.8) is 0 Å². The van der Waals surface area contributed by atoms with Gasteiger partial charge in [-0.2, -0.15) is 0 Å². The van der Waals surface area contributed by atoms with Crippen LogP contribution in [0.3, 0.4) is 0 Å². The fourth-order valence-electron chi connectivity index (χ4n) is 5.02. The van der Waals surface area contributed by atoms with Crippen molar-refractivity contribution < 1.29 is 0 Å². The zero-order chi connectivity index (χ0) is 23.6. The highest BCUT2D eigenvalue weighted by molar-refractivity contribution is 5.51. The summed E-state index contributed by atoms with van der Waals surface area (Å²) in [7, 11) is 0. The molecule has 0 aliphatic heterocycles. The Bertz CT molecular complexity index is 981. The normalized spacial score (nSPS) is 14.3. The van der Waals surface area contributed by atoms with Crippen molar-refractivity contribution in [2.45, 2.75) is 66.0 Å². The first-order chi connectivity index (χ1) is 15.1. The third-order valence-corrected chi connectivity index (χ3v) is 6.59. The van der Waals surface area contributed by atoms with Crippen LogP contribution >= 0.6 is 0 Å². The molecule has 3 aromatic carbocycles. The molecular formula is C29H39N3. The van der Waals surface area contributed by atoms with Crippen LogP contribution in [0.25, 0.3) is 0 Å². The van der Waals surface area contributed by atoms with Crippen molar-refractivity contribution >= 4 is 0 Å². The van der Waals surface area contributed by atoms with Crippen LogP contribution in [-0.4, -0.2) is 6.54 Å². The van der Waals surface area contributed by atoms with Crippen LogP contribution in [0.5, 0.6) is 0 Å². The standard InChI is InChI=1S/C29H39N3/c1-17-7-18(2)10-24(9-17)21(5)26-13-23(15-30)14-27(29(26)28(32)16-31)22(6)25-11-19(3)8-20(4)12-25/h7-14,21-22,28H,15-16,30-32H2,1-6H3/t21-,22-,28?/m1/s1. The number of hydrogen-bond donors (Lipinski definition) is 3. The van der Waals surface area contributed by atoms with Crippen molar-refractivity contribution in [2.75, 3.05) is 6.54 Å². The number of benzene rings is 3. The molecule has 6 N–H and O–H groups in total. The summed E-state index contributed by atoms with van der Waals surface area (Å²) >= 11 is 0. The van der Waals surface area contributed by atoms with E-state index in [-0.39, 0.29) is 17.9 Å². The van der Waals surface area contributed by atoms with Gasteiger partial charge in [0.05, 0.1) is 0 Å². The van der Waals surface area contributed by atoms with E-state index < -0.39 is 0 Å². The van der Waals surface area contributed by atoms with E-state index in [1.54, 1.807) is 0 Å². The van der Waals surface area contributed by atoms with E-state index in [0.29, 0.717) is 13.1 Å². The lowest BCUT2D eigenvalue weighted by Gasteiger charge is -2.28. The Kier molecular flexibility index (Phi) is 7.55. The van der Waals surface area contributed by atoms with Gasteiger partial charge in [-0.1, -0.05) is 84.6 Å². The van der Waals surface area contributed by atoms with E-state index in [4.69, 9.17) is 17.2 Å². The largest absolute Gasteiger partial charge is 0.329 e. The second kappa shape index (κ2) is 9.99. The van der Waals surface area contributed by atoms with Crippen LogP contribution in [0, 0.1) is 27.7 Å². The van der Waals surface area contributed by atoms with Gasteiger partial charge in [0.15, 0.2) is 0 Å². The Hall–Kier alpha value is -2.46. The number of rotatable bonds is 7. The summed E-state index contributed by atoms with van der Waals surface area (Å²) in [6, 6.07) is 17.8. The molecule has 3 nitrogen and oxygen atoms in total. The second-order valence-electron chi connectivity index (χ2n) is 9.52. The maximum Gasteiger partial charge on any atom is 0.0425 e. The minimum absolute atomic E-state index is 0.192. The summed E-state index contributed by atoms with van der Waals surface area (Å²) in [6.45, 7) is 14.0. The molecule has 170 valence electrons. The molecule has 0 aromatic heterocycles. The van der Waals surface area contributed by atoms with Gasteiger partial charge in [0, 0.05) is 31.0 Å². The summed E-state index contributed by atoms with van der Waals surface area (Å²) in [5.41, 5.74) is 31.5. The predicted octanol–water partition coefficient (Wildman–Crippen LogP) is 5.64. The molecule has 0 fully saturated rings. The lowest BCUT2D eigenvalue weighted by molar-refractivity contribution is 0.695. The van der Waals surface area contributed by atoms with Crippen LogP contribution in [-0.2, 0) is 6.54 Å². The number of nitrogens with two attached hydrogens (primary N) is 3. The molecule has 0 bridgehead atoms. The minimum Gasteiger partial charge on any atom is -0.329 e. The van der Waals surface area contributed by atoms with Crippen LogP contribution < -0.4 is 17.2 Å². The summed E-state index contributed by atoms with van der Waals surface area (Å²) in [6.07, 6.45) is 0. The fraction of sp³-hybridized carbons (Fsp3) is 0.379. The van der Waals surface area contributed by atoms with E-state index in [2.05, 4.69) is 90.1 Å². The summed E-state index contributed by atoms with van der Waals surface area (Å²) in [5, 5.41) is 0. The SMILES string of the molecule is Cc1cc(C)cc([C@@H](C)c2cc(CN)cc([C@H](C)c3cc(C)cc(C)c3)c2C(N)CN)c1. The molecule has 0 heterocycles. The van der Waals surface area contributed by atoms with Crippen LogP contribution in [0.4, 0.5) is 0 Å². The van der Waals surface area contributed by atoms with Gasteiger partial charge in [0.2, 0.25) is 0 Å². The average molecular weight is 430 g/mol. The first kappa shape index (κ1) is 24.2. The Morgan fingerprint density at radius 1 is 0.625 bits per heavy atom. The zero-order valence-corrected chi connectivity index (χ0v) is 20.5. The molecule has 0 spiro atoms. The van der Waals surface area contributed by atoms with Gasteiger partial charge < -0.3 is 17.2 Å². The second-order valence-corrected chi connectivity index (χ2v) is 9.52. The highest BCUT2D eigenvalue weighted by atomic mass is 14.7. The monoisotopic (exact) mass is 429 g/mol. The quantitative estimate of drug-likeness (QED) is 0.455. The molecule has 3 aromatic rings. The molecule has 0 saturated carbocycles. The fourth-order valence-corrected chi connectivity index (χ4v) is 5.02. The first-order valence-corrected chi connectivity index (χ1v) is 11.6. The molecule has 0 aliphatic rings. The molecule has 3 heteroatoms. The van der Waals surface area contributed by atoms with Crippen molar-refractivity contribution in [1.29, 1.82) is 0 Å². The molecule has 0 amide bonds. The van der Waals surface area contributed by atoms with E-state index >= 15 is 0 Å². The molecular weight excluding hydrogens is 390 g/mol. The predicted molar refractivity (Wildman–Crippen MR) is 137 cm³/mol. The lowest BCUT2D eigenvalue weighted by atomic mass is 9.78. The van der Waals surface area contributed by atoms with Crippen LogP contribution in [0.2, 0.25) is 0 Å². The Morgan fingerprint density at radius 2 is 1.00 bits per heavy atom. The van der Waals surface area contributed by atoms with Gasteiger partial charge in [0.25, 0.3) is 0 Å². The third kappa shape index (κ3) is 5.12. The van der Waals surface area contributed by atoms with Gasteiger partial charge >= 0.3 is 0 Å². The molecule has 0 aliphatic carbocycles. The smallest absolute Gasteiger partial charge is 0.0425 e. The topological polar surface area (TPSA) is 78.1 Å². The zero-order valence-electron chi connectivity index (χ0n) is 20.5. The number of aryl methyl sites for hydroxylation is 4. The molecule has 1 unspecified atom stereocenters. The maximum atomic E-state index is 6.68. The van der Waals surface area contributed by atoms with Crippen molar-refractivity contribution in [2.24, 2.45) is 17.2 Å².